The van der Waals surface area contributed by atoms with Crippen LogP contribution >= 0.6 is 0 Å². The molecule has 0 spiro atoms. The minimum atomic E-state index is -1.11. The van der Waals surface area contributed by atoms with E-state index in [0.29, 0.717) is 11.3 Å². The molecule has 0 radical (unpaired) electrons. The van der Waals surface area contributed by atoms with Crippen LogP contribution < -0.4 is 4.90 Å². The first-order valence-corrected chi connectivity index (χ1v) is 4.63. The number of rotatable bonds is 2. The van der Waals surface area contributed by atoms with E-state index in [0.717, 1.165) is 4.90 Å². The Morgan fingerprint density at radius 3 is 2.53 bits per heavy atom. The molecule has 1 amide bonds. The van der Waals surface area contributed by atoms with Crippen LogP contribution in [0.15, 0.2) is 24.3 Å². The molecule has 0 saturated carbocycles. The summed E-state index contributed by atoms with van der Waals surface area (Å²) >= 11 is 0. The first-order valence-electron chi connectivity index (χ1n) is 4.63. The molecule has 82 valence electrons. The fourth-order valence-electron chi connectivity index (χ4n) is 1.19. The van der Waals surface area contributed by atoms with E-state index < -0.39 is 6.09 Å². The summed E-state index contributed by atoms with van der Waals surface area (Å²) in [7, 11) is 0. The molecule has 0 fully saturated rings. The fraction of sp³-hybridized carbons (Fsp3) is 0.0769. The third-order valence-corrected chi connectivity index (χ3v) is 1.92. The Labute approximate surface area is 99.1 Å². The maximum atomic E-state index is 10.9. The second-order valence-electron chi connectivity index (χ2n) is 2.98. The summed E-state index contributed by atoms with van der Waals surface area (Å²) in [4.78, 5) is 11.9. The highest BCUT2D eigenvalue weighted by atomic mass is 16.4. The molecule has 0 aliphatic rings. The molecular weight excluding hydrogens is 216 g/mol. The Morgan fingerprint density at radius 2 is 2.06 bits per heavy atom. The van der Waals surface area contributed by atoms with Crippen LogP contribution in [-0.4, -0.2) is 17.7 Å². The minimum Gasteiger partial charge on any atom is -0.465 e. The molecule has 4 nitrogen and oxygen atoms in total. The Balaban J connectivity index is 2.97. The number of hydrogen-bond donors (Lipinski definition) is 1. The van der Waals surface area contributed by atoms with Crippen molar-refractivity contribution < 1.29 is 9.90 Å². The van der Waals surface area contributed by atoms with Gasteiger partial charge in [0.25, 0.3) is 0 Å². The van der Waals surface area contributed by atoms with Crippen LogP contribution in [-0.2, 0) is 0 Å². The smallest absolute Gasteiger partial charge is 0.412 e. The molecule has 0 atom stereocenters. The largest absolute Gasteiger partial charge is 0.465 e. The summed E-state index contributed by atoms with van der Waals surface area (Å²) < 4.78 is 0. The van der Waals surface area contributed by atoms with Crippen LogP contribution in [0.25, 0.3) is 0 Å². The lowest BCUT2D eigenvalue weighted by molar-refractivity contribution is 0.202. The molecule has 0 unspecified atom stereocenters. The van der Waals surface area contributed by atoms with E-state index in [1.54, 1.807) is 30.3 Å². The lowest BCUT2D eigenvalue weighted by Crippen LogP contribution is -2.29. The van der Waals surface area contributed by atoms with Crippen LogP contribution in [0.2, 0.25) is 0 Å². The highest BCUT2D eigenvalue weighted by Gasteiger charge is 2.11. The molecule has 0 aliphatic heterocycles. The first kappa shape index (κ1) is 12.2. The Hall–Kier alpha value is -2.90. The molecule has 0 aromatic heterocycles. The third kappa shape index (κ3) is 3.30. The SMILES string of the molecule is C#CCN(C(=O)O)c1ccc(C#CC#N)cc1. The van der Waals surface area contributed by atoms with E-state index in [1.165, 1.54) is 0 Å². The van der Waals surface area contributed by atoms with Crippen molar-refractivity contribution in [2.45, 2.75) is 0 Å². The van der Waals surface area contributed by atoms with Gasteiger partial charge in [-0.15, -0.1) is 6.42 Å². The first-order chi connectivity index (χ1) is 8.19. The van der Waals surface area contributed by atoms with E-state index in [4.69, 9.17) is 16.8 Å². The summed E-state index contributed by atoms with van der Waals surface area (Å²) in [6.45, 7) is -0.0153. The molecular formula is C13H8N2O2. The number of nitriles is 1. The summed E-state index contributed by atoms with van der Waals surface area (Å²) in [5.41, 5.74) is 1.11. The van der Waals surface area contributed by atoms with E-state index in [9.17, 15) is 4.79 Å². The van der Waals surface area contributed by atoms with Gasteiger partial charge in [-0.05, 0) is 24.3 Å². The number of hydrogen-bond acceptors (Lipinski definition) is 2. The summed E-state index contributed by atoms with van der Waals surface area (Å²) in [6.07, 6.45) is 3.97. The number of anilines is 1. The van der Waals surface area contributed by atoms with Crippen molar-refractivity contribution in [3.8, 4) is 30.3 Å². The zero-order chi connectivity index (χ0) is 12.7. The highest BCUT2D eigenvalue weighted by Crippen LogP contribution is 2.14. The normalized spacial score (nSPS) is 8.12. The quantitative estimate of drug-likeness (QED) is 0.777. The topological polar surface area (TPSA) is 64.3 Å². The van der Waals surface area contributed by atoms with Crippen molar-refractivity contribution >= 4 is 11.8 Å². The average Bonchev–Trinajstić information content (AvgIpc) is 2.34. The van der Waals surface area contributed by atoms with Crippen molar-refractivity contribution in [1.82, 2.24) is 0 Å². The molecule has 0 heterocycles. The van der Waals surface area contributed by atoms with Crippen LogP contribution in [0.4, 0.5) is 10.5 Å². The lowest BCUT2D eigenvalue weighted by Gasteiger charge is -2.15. The van der Waals surface area contributed by atoms with E-state index in [1.807, 2.05) is 0 Å². The molecule has 0 bridgehead atoms. The van der Waals surface area contributed by atoms with Crippen LogP contribution in [0.5, 0.6) is 0 Å². The molecule has 4 heteroatoms. The Bertz CT molecular complexity index is 550. The van der Waals surface area contributed by atoms with Crippen LogP contribution in [0, 0.1) is 35.5 Å². The molecule has 1 aromatic rings. The van der Waals surface area contributed by atoms with Gasteiger partial charge >= 0.3 is 6.09 Å². The van der Waals surface area contributed by atoms with Gasteiger partial charge in [0, 0.05) is 17.2 Å². The van der Waals surface area contributed by atoms with Gasteiger partial charge in [0.15, 0.2) is 6.07 Å². The van der Waals surface area contributed by atoms with Gasteiger partial charge in [0.05, 0.1) is 6.54 Å². The number of benzene rings is 1. The second-order valence-corrected chi connectivity index (χ2v) is 2.98. The predicted molar refractivity (Wildman–Crippen MR) is 63.1 cm³/mol. The number of terminal acetylenes is 1. The summed E-state index contributed by atoms with van der Waals surface area (Å²) in [5.74, 6) is 7.13. The van der Waals surface area contributed by atoms with Gasteiger partial charge in [-0.25, -0.2) is 4.79 Å². The van der Waals surface area contributed by atoms with Crippen LogP contribution in [0.1, 0.15) is 5.56 Å². The van der Waals surface area contributed by atoms with Gasteiger partial charge in [-0.3, -0.25) is 4.90 Å². The number of amides is 1. The zero-order valence-corrected chi connectivity index (χ0v) is 8.84. The van der Waals surface area contributed by atoms with Gasteiger partial charge in [-0.2, -0.15) is 5.26 Å². The number of carboxylic acid groups (broad SMARTS) is 1. The van der Waals surface area contributed by atoms with E-state index in [-0.39, 0.29) is 6.54 Å². The molecule has 17 heavy (non-hydrogen) atoms. The van der Waals surface area contributed by atoms with Crippen molar-refractivity contribution in [3.63, 3.8) is 0 Å². The van der Waals surface area contributed by atoms with E-state index >= 15 is 0 Å². The lowest BCUT2D eigenvalue weighted by atomic mass is 10.2. The number of nitrogens with zero attached hydrogens (tertiary/aromatic N) is 2. The van der Waals surface area contributed by atoms with Crippen molar-refractivity contribution in [3.05, 3.63) is 29.8 Å². The second kappa shape index (κ2) is 5.85. The monoisotopic (exact) mass is 224 g/mol. The average molecular weight is 224 g/mol. The fourth-order valence-corrected chi connectivity index (χ4v) is 1.19. The van der Waals surface area contributed by atoms with Gasteiger partial charge in [-0.1, -0.05) is 11.8 Å². The van der Waals surface area contributed by atoms with Crippen LogP contribution in [0.3, 0.4) is 0 Å². The van der Waals surface area contributed by atoms with Crippen molar-refractivity contribution in [2.75, 3.05) is 11.4 Å². The summed E-state index contributed by atoms with van der Waals surface area (Å²) in [5, 5.41) is 17.2. The van der Waals surface area contributed by atoms with Gasteiger partial charge < -0.3 is 5.11 Å². The molecule has 1 aromatic carbocycles. The van der Waals surface area contributed by atoms with Gasteiger partial charge in [0.1, 0.15) is 0 Å². The van der Waals surface area contributed by atoms with Crippen molar-refractivity contribution in [2.24, 2.45) is 0 Å². The zero-order valence-electron chi connectivity index (χ0n) is 8.84. The van der Waals surface area contributed by atoms with Gasteiger partial charge in [0.2, 0.25) is 0 Å². The maximum absolute atomic E-state index is 10.9. The Morgan fingerprint density at radius 1 is 1.41 bits per heavy atom. The predicted octanol–water partition coefficient (Wildman–Crippen LogP) is 1.68. The maximum Gasteiger partial charge on any atom is 0.412 e. The standard InChI is InChI=1S/C13H8N2O2/c1-2-10-15(13(16)17)12-7-5-11(6-8-12)4-3-9-14/h1,5-8H,10H2,(H,16,17). The molecule has 0 aliphatic carbocycles. The number of carbonyl (C=O) groups is 1. The van der Waals surface area contributed by atoms with Crippen molar-refractivity contribution in [1.29, 1.82) is 5.26 Å². The Kier molecular flexibility index (Phi) is 4.19. The highest BCUT2D eigenvalue weighted by molar-refractivity contribution is 5.86. The minimum absolute atomic E-state index is 0.0153. The molecule has 1 rings (SSSR count). The molecule has 0 saturated heterocycles. The van der Waals surface area contributed by atoms with E-state index in [2.05, 4.69) is 17.8 Å². The third-order valence-electron chi connectivity index (χ3n) is 1.92. The summed E-state index contributed by atoms with van der Waals surface area (Å²) in [6, 6.07) is 8.14. The molecule has 1 N–H and O–H groups in total.